The third-order valence-electron chi connectivity index (χ3n) is 9.23. The van der Waals surface area contributed by atoms with Crippen LogP contribution < -0.4 is 15.0 Å². The summed E-state index contributed by atoms with van der Waals surface area (Å²) < 4.78 is 13.1. The number of ether oxygens (including phenoxy) is 2. The lowest BCUT2D eigenvalue weighted by Gasteiger charge is -2.29. The standard InChI is InChI=1S/C39H39N5O5S/c1-24-20-26(27-11-15-35(40-22-27)43(2)3)10-12-28(24)38-41-31-13-9-25(21-34(31)50-38)6-5-17-48-18-19-49-33-8-4-7-29-30(33)23-44(39(29)47)32-14-16-36(45)42-37(32)46/h4,7-13,15,20-22,32H,5-6,14,16-19,23H2,1-3H3,(H,42,45,46). The van der Waals surface area contributed by atoms with Gasteiger partial charge in [-0.1, -0.05) is 30.3 Å². The molecule has 1 saturated heterocycles. The van der Waals surface area contributed by atoms with Crippen LogP contribution in [0.3, 0.4) is 0 Å². The van der Waals surface area contributed by atoms with Crippen molar-refractivity contribution < 1.29 is 23.9 Å². The molecular weight excluding hydrogens is 651 g/mol. The van der Waals surface area contributed by atoms with E-state index in [0.29, 0.717) is 37.6 Å². The third-order valence-corrected chi connectivity index (χ3v) is 10.3. The molecule has 2 aliphatic rings. The predicted octanol–water partition coefficient (Wildman–Crippen LogP) is 6.19. The van der Waals surface area contributed by atoms with Crippen LogP contribution in [0.25, 0.3) is 31.9 Å². The quantitative estimate of drug-likeness (QED) is 0.122. The van der Waals surface area contributed by atoms with Crippen molar-refractivity contribution in [3.63, 3.8) is 0 Å². The Kier molecular flexibility index (Phi) is 9.60. The van der Waals surface area contributed by atoms with E-state index in [1.165, 1.54) is 20.7 Å². The highest BCUT2D eigenvalue weighted by Crippen LogP contribution is 2.36. The molecule has 7 rings (SSSR count). The number of imide groups is 1. The molecule has 11 heteroatoms. The normalized spacial score (nSPS) is 15.8. The summed E-state index contributed by atoms with van der Waals surface area (Å²) in [7, 11) is 3.98. The van der Waals surface area contributed by atoms with E-state index in [4.69, 9.17) is 14.5 Å². The van der Waals surface area contributed by atoms with E-state index in [0.717, 1.165) is 51.4 Å². The van der Waals surface area contributed by atoms with Crippen molar-refractivity contribution in [2.45, 2.75) is 45.2 Å². The SMILES string of the molecule is Cc1cc(-c2ccc(N(C)C)nc2)ccc1-c1nc2ccc(CCCOCCOc3cccc4c3CN(C3CCC(=O)NC3=O)C4=O)cc2s1. The minimum Gasteiger partial charge on any atom is -0.491 e. The van der Waals surface area contributed by atoms with Crippen LogP contribution >= 0.6 is 11.3 Å². The number of aryl methyl sites for hydroxylation is 2. The zero-order valence-corrected chi connectivity index (χ0v) is 29.2. The summed E-state index contributed by atoms with van der Waals surface area (Å²) in [6.07, 6.45) is 4.23. The summed E-state index contributed by atoms with van der Waals surface area (Å²) in [6.45, 7) is 3.77. The number of thiazole rings is 1. The average molecular weight is 690 g/mol. The van der Waals surface area contributed by atoms with E-state index in [9.17, 15) is 14.4 Å². The molecule has 2 aliphatic heterocycles. The largest absolute Gasteiger partial charge is 0.491 e. The van der Waals surface area contributed by atoms with Crippen molar-refractivity contribution in [1.29, 1.82) is 0 Å². The maximum absolute atomic E-state index is 13.0. The molecular formula is C39H39N5O5S. The van der Waals surface area contributed by atoms with Gasteiger partial charge < -0.3 is 19.3 Å². The Labute approximate surface area is 295 Å². The highest BCUT2D eigenvalue weighted by atomic mass is 32.1. The van der Waals surface area contributed by atoms with Crippen molar-refractivity contribution in [3.8, 4) is 27.4 Å². The second-order valence-electron chi connectivity index (χ2n) is 12.9. The highest BCUT2D eigenvalue weighted by molar-refractivity contribution is 7.21. The first-order valence-corrected chi connectivity index (χ1v) is 17.7. The number of fused-ring (bicyclic) bond motifs is 2. The van der Waals surface area contributed by atoms with Gasteiger partial charge in [0.25, 0.3) is 5.91 Å². The summed E-state index contributed by atoms with van der Waals surface area (Å²) in [6, 6.07) is 21.8. The molecule has 0 spiro atoms. The molecule has 1 N–H and O–H groups in total. The van der Waals surface area contributed by atoms with Gasteiger partial charge in [-0.05, 0) is 79.3 Å². The molecule has 1 atom stereocenters. The molecule has 4 heterocycles. The van der Waals surface area contributed by atoms with Gasteiger partial charge in [-0.15, -0.1) is 11.3 Å². The number of carbonyl (C=O) groups excluding carboxylic acids is 3. The summed E-state index contributed by atoms with van der Waals surface area (Å²) >= 11 is 1.72. The summed E-state index contributed by atoms with van der Waals surface area (Å²) in [5.41, 5.74) is 8.10. The van der Waals surface area contributed by atoms with Crippen LogP contribution in [0.5, 0.6) is 5.75 Å². The maximum Gasteiger partial charge on any atom is 0.255 e. The highest BCUT2D eigenvalue weighted by Gasteiger charge is 2.40. The Morgan fingerprint density at radius 2 is 1.82 bits per heavy atom. The first-order chi connectivity index (χ1) is 24.2. The summed E-state index contributed by atoms with van der Waals surface area (Å²) in [5.74, 6) is 0.610. The van der Waals surface area contributed by atoms with Gasteiger partial charge in [-0.2, -0.15) is 0 Å². The van der Waals surface area contributed by atoms with Crippen molar-refractivity contribution in [2.75, 3.05) is 38.8 Å². The van der Waals surface area contributed by atoms with Gasteiger partial charge in [-0.25, -0.2) is 9.97 Å². The van der Waals surface area contributed by atoms with Gasteiger partial charge >= 0.3 is 0 Å². The van der Waals surface area contributed by atoms with E-state index in [2.05, 4.69) is 59.7 Å². The molecule has 256 valence electrons. The van der Waals surface area contributed by atoms with E-state index in [-0.39, 0.29) is 24.8 Å². The number of pyridine rings is 1. The van der Waals surface area contributed by atoms with Crippen LogP contribution in [0.4, 0.5) is 5.82 Å². The molecule has 2 aromatic heterocycles. The van der Waals surface area contributed by atoms with Crippen LogP contribution in [-0.4, -0.2) is 72.5 Å². The fraction of sp³-hybridized carbons (Fsp3) is 0.308. The fourth-order valence-corrected chi connectivity index (χ4v) is 7.65. The molecule has 10 nitrogen and oxygen atoms in total. The number of hydrogen-bond donors (Lipinski definition) is 1. The molecule has 1 fully saturated rings. The zero-order valence-electron chi connectivity index (χ0n) is 28.4. The minimum atomic E-state index is -0.653. The van der Waals surface area contributed by atoms with Gasteiger partial charge in [0.2, 0.25) is 11.8 Å². The van der Waals surface area contributed by atoms with E-state index >= 15 is 0 Å². The molecule has 1 unspecified atom stereocenters. The maximum atomic E-state index is 13.0. The van der Waals surface area contributed by atoms with Gasteiger partial charge in [0.1, 0.15) is 29.2 Å². The lowest BCUT2D eigenvalue weighted by molar-refractivity contribution is -0.136. The number of rotatable bonds is 12. The van der Waals surface area contributed by atoms with Crippen LogP contribution in [0.15, 0.2) is 72.9 Å². The van der Waals surface area contributed by atoms with Gasteiger partial charge in [0.15, 0.2) is 0 Å². The topological polar surface area (TPSA) is 114 Å². The van der Waals surface area contributed by atoms with Crippen LogP contribution in [0.2, 0.25) is 0 Å². The van der Waals surface area contributed by atoms with Crippen molar-refractivity contribution in [3.05, 3.63) is 95.2 Å². The Hall–Kier alpha value is -5.13. The smallest absolute Gasteiger partial charge is 0.255 e. The van der Waals surface area contributed by atoms with Gasteiger partial charge in [0, 0.05) is 55.6 Å². The molecule has 0 saturated carbocycles. The zero-order chi connectivity index (χ0) is 34.8. The second kappa shape index (κ2) is 14.4. The second-order valence-corrected chi connectivity index (χ2v) is 13.9. The molecule has 0 radical (unpaired) electrons. The minimum absolute atomic E-state index is 0.214. The molecule has 5 aromatic rings. The van der Waals surface area contributed by atoms with Crippen LogP contribution in [0, 0.1) is 6.92 Å². The van der Waals surface area contributed by atoms with E-state index in [1.54, 1.807) is 23.5 Å². The summed E-state index contributed by atoms with van der Waals surface area (Å²) in [4.78, 5) is 50.0. The van der Waals surface area contributed by atoms with Gasteiger partial charge in [0.05, 0.1) is 23.4 Å². The first kappa shape index (κ1) is 33.4. The Balaban J connectivity index is 0.886. The van der Waals surface area contributed by atoms with Gasteiger partial charge in [-0.3, -0.25) is 19.7 Å². The number of nitrogens with one attached hydrogen (secondary N) is 1. The molecule has 0 aliphatic carbocycles. The third kappa shape index (κ3) is 6.97. The molecule has 0 bridgehead atoms. The number of carbonyl (C=O) groups is 3. The number of anilines is 1. The number of aromatic nitrogens is 2. The number of nitrogens with zero attached hydrogens (tertiary/aromatic N) is 4. The Bertz CT molecular complexity index is 2080. The van der Waals surface area contributed by atoms with Crippen molar-refractivity contribution in [1.82, 2.24) is 20.2 Å². The number of amides is 3. The van der Waals surface area contributed by atoms with Crippen LogP contribution in [-0.2, 0) is 27.3 Å². The number of hydrogen-bond acceptors (Lipinski definition) is 9. The lowest BCUT2D eigenvalue weighted by Crippen LogP contribution is -2.52. The Morgan fingerprint density at radius 3 is 2.60 bits per heavy atom. The predicted molar refractivity (Wildman–Crippen MR) is 194 cm³/mol. The fourth-order valence-electron chi connectivity index (χ4n) is 6.53. The number of piperidine rings is 1. The monoisotopic (exact) mass is 689 g/mol. The van der Waals surface area contributed by atoms with E-state index < -0.39 is 11.9 Å². The first-order valence-electron chi connectivity index (χ1n) is 16.9. The molecule has 3 amide bonds. The van der Waals surface area contributed by atoms with E-state index in [1.807, 2.05) is 37.3 Å². The van der Waals surface area contributed by atoms with Crippen molar-refractivity contribution >= 4 is 45.1 Å². The lowest BCUT2D eigenvalue weighted by atomic mass is 10.0. The average Bonchev–Trinajstić information content (AvgIpc) is 3.68. The van der Waals surface area contributed by atoms with Crippen molar-refractivity contribution in [2.24, 2.45) is 0 Å². The van der Waals surface area contributed by atoms with Crippen LogP contribution in [0.1, 0.15) is 46.3 Å². The number of benzene rings is 3. The molecule has 50 heavy (non-hydrogen) atoms. The summed E-state index contributed by atoms with van der Waals surface area (Å²) in [5, 5.41) is 3.36. The Morgan fingerprint density at radius 1 is 0.960 bits per heavy atom. The molecule has 3 aromatic carbocycles.